The Morgan fingerprint density at radius 1 is 1.10 bits per heavy atom. The first-order valence-corrected chi connectivity index (χ1v) is 11.4. The van der Waals surface area contributed by atoms with E-state index >= 15 is 0 Å². The van der Waals surface area contributed by atoms with E-state index in [1.807, 2.05) is 6.07 Å². The van der Waals surface area contributed by atoms with E-state index in [1.54, 1.807) is 17.2 Å². The van der Waals surface area contributed by atoms with Crippen molar-refractivity contribution in [3.8, 4) is 0 Å². The molecule has 2 aliphatic carbocycles. The summed E-state index contributed by atoms with van der Waals surface area (Å²) < 4.78 is 0. The second kappa shape index (κ2) is 7.75. The van der Waals surface area contributed by atoms with E-state index in [0.29, 0.717) is 4.88 Å². The van der Waals surface area contributed by atoms with Crippen molar-refractivity contribution in [3.05, 3.63) is 68.0 Å². The zero-order valence-electron chi connectivity index (χ0n) is 18.7. The lowest BCUT2D eigenvalue weighted by atomic mass is 9.61. The van der Waals surface area contributed by atoms with Gasteiger partial charge in [-0.2, -0.15) is 0 Å². The lowest BCUT2D eigenvalue weighted by Gasteiger charge is -2.44. The van der Waals surface area contributed by atoms with Crippen LogP contribution in [0.5, 0.6) is 0 Å². The zero-order chi connectivity index (χ0) is 21.6. The number of aryl methyl sites for hydroxylation is 1. The molecule has 0 radical (unpaired) electrons. The molecule has 0 bridgehead atoms. The van der Waals surface area contributed by atoms with Crippen LogP contribution in [0.15, 0.2) is 58.2 Å². The third-order valence-electron chi connectivity index (χ3n) is 6.95. The fourth-order valence-corrected chi connectivity index (χ4v) is 5.80. The number of carboxylic acids is 1. The molecule has 0 saturated heterocycles. The first-order chi connectivity index (χ1) is 13.4. The lowest BCUT2D eigenvalue weighted by Crippen LogP contribution is -2.31. The van der Waals surface area contributed by atoms with Crippen molar-refractivity contribution >= 4 is 17.3 Å². The van der Waals surface area contributed by atoms with Gasteiger partial charge in [-0.3, -0.25) is 0 Å². The van der Waals surface area contributed by atoms with Crippen LogP contribution in [0, 0.1) is 10.8 Å². The van der Waals surface area contributed by atoms with Gasteiger partial charge in [0.15, 0.2) is 0 Å². The van der Waals surface area contributed by atoms with E-state index < -0.39 is 5.97 Å². The largest absolute Gasteiger partial charge is 0.477 e. The molecule has 1 N–H and O–H groups in total. The Hall–Kier alpha value is -1.87. The maximum atomic E-state index is 11.1. The molecule has 3 heteroatoms. The quantitative estimate of drug-likeness (QED) is 0.539. The van der Waals surface area contributed by atoms with Crippen LogP contribution >= 0.6 is 11.3 Å². The van der Waals surface area contributed by atoms with Crippen molar-refractivity contribution < 1.29 is 9.90 Å². The summed E-state index contributed by atoms with van der Waals surface area (Å²) in [4.78, 5) is 12.6. The number of hydrogen-bond donors (Lipinski definition) is 1. The van der Waals surface area contributed by atoms with Crippen LogP contribution < -0.4 is 0 Å². The molecule has 1 heterocycles. The standard InChI is InChI=1S/C26H34O2S/c1-16(8-9-19-10-13-22(29-19)24(27)28)20-11-12-21-23(18(3)17(20)2)26(6,7)15-14-25(21,4)5/h10-11,13H,1,8-9,12,14-15H2,2-7H3,(H,27,28). The molecule has 3 rings (SSSR count). The average Bonchev–Trinajstić information content (AvgIpc) is 3.06. The zero-order valence-corrected chi connectivity index (χ0v) is 19.6. The molecule has 1 aromatic rings. The van der Waals surface area contributed by atoms with Gasteiger partial charge in [0, 0.05) is 4.88 Å². The Morgan fingerprint density at radius 3 is 2.38 bits per heavy atom. The molecule has 0 amide bonds. The number of carboxylic acid groups (broad SMARTS) is 1. The Bertz CT molecular complexity index is 947. The number of hydrogen-bond acceptors (Lipinski definition) is 2. The molecule has 0 spiro atoms. The number of allylic oxidation sites excluding steroid dienone is 7. The van der Waals surface area contributed by atoms with E-state index in [2.05, 4.69) is 54.2 Å². The molecular formula is C26H34O2S. The Balaban J connectivity index is 1.86. The second-order valence-electron chi connectivity index (χ2n) is 9.87. The third kappa shape index (κ3) is 4.21. The molecular weight excluding hydrogens is 376 g/mol. The predicted octanol–water partition coefficient (Wildman–Crippen LogP) is 7.74. The highest BCUT2D eigenvalue weighted by Gasteiger charge is 2.40. The molecule has 0 fully saturated rings. The number of aromatic carboxylic acids is 1. The van der Waals surface area contributed by atoms with Crippen molar-refractivity contribution in [3.63, 3.8) is 0 Å². The molecule has 0 atom stereocenters. The first-order valence-electron chi connectivity index (χ1n) is 10.6. The molecule has 2 aliphatic rings. The minimum Gasteiger partial charge on any atom is -0.477 e. The van der Waals surface area contributed by atoms with Crippen molar-refractivity contribution in [1.29, 1.82) is 0 Å². The van der Waals surface area contributed by atoms with Crippen molar-refractivity contribution in [2.24, 2.45) is 10.8 Å². The van der Waals surface area contributed by atoms with Crippen LogP contribution in [-0.4, -0.2) is 11.1 Å². The fourth-order valence-electron chi connectivity index (χ4n) is 4.95. The summed E-state index contributed by atoms with van der Waals surface area (Å²) in [5.74, 6) is -0.845. The van der Waals surface area contributed by atoms with Crippen molar-refractivity contribution in [2.45, 2.75) is 73.6 Å². The van der Waals surface area contributed by atoms with E-state index in [9.17, 15) is 4.79 Å². The summed E-state index contributed by atoms with van der Waals surface area (Å²) in [6.45, 7) is 18.5. The molecule has 0 aromatic carbocycles. The molecule has 156 valence electrons. The topological polar surface area (TPSA) is 37.3 Å². The van der Waals surface area contributed by atoms with Gasteiger partial charge in [0.25, 0.3) is 0 Å². The maximum absolute atomic E-state index is 11.1. The van der Waals surface area contributed by atoms with E-state index in [-0.39, 0.29) is 10.8 Å². The highest BCUT2D eigenvalue weighted by atomic mass is 32.1. The number of carbonyl (C=O) groups is 1. The van der Waals surface area contributed by atoms with Gasteiger partial charge in [0.05, 0.1) is 0 Å². The van der Waals surface area contributed by atoms with E-state index in [1.165, 1.54) is 40.9 Å². The summed E-state index contributed by atoms with van der Waals surface area (Å²) in [6, 6.07) is 3.63. The van der Waals surface area contributed by atoms with Crippen molar-refractivity contribution in [2.75, 3.05) is 0 Å². The lowest BCUT2D eigenvalue weighted by molar-refractivity contribution is 0.0702. The van der Waals surface area contributed by atoms with Gasteiger partial charge in [-0.25, -0.2) is 4.79 Å². The van der Waals surface area contributed by atoms with Gasteiger partial charge >= 0.3 is 5.97 Å². The van der Waals surface area contributed by atoms with Crippen LogP contribution in [-0.2, 0) is 6.42 Å². The molecule has 0 unspecified atom stereocenters. The molecule has 29 heavy (non-hydrogen) atoms. The maximum Gasteiger partial charge on any atom is 0.345 e. The Kier molecular flexibility index (Phi) is 5.84. The average molecular weight is 411 g/mol. The first kappa shape index (κ1) is 21.8. The van der Waals surface area contributed by atoms with Crippen LogP contribution in [0.1, 0.15) is 81.8 Å². The van der Waals surface area contributed by atoms with Crippen LogP contribution in [0.4, 0.5) is 0 Å². The van der Waals surface area contributed by atoms with Gasteiger partial charge in [-0.15, -0.1) is 11.3 Å². The van der Waals surface area contributed by atoms with Gasteiger partial charge in [0.1, 0.15) is 4.88 Å². The second-order valence-corrected chi connectivity index (χ2v) is 11.0. The molecule has 0 saturated carbocycles. The highest BCUT2D eigenvalue weighted by Crippen LogP contribution is 2.54. The molecule has 2 nitrogen and oxygen atoms in total. The third-order valence-corrected chi connectivity index (χ3v) is 8.08. The summed E-state index contributed by atoms with van der Waals surface area (Å²) in [7, 11) is 0. The SMILES string of the molecule is C=C(CCc1ccc(C(=O)O)s1)C1=CCC2=C(C(C)=C1C)C(C)(C)CCC2(C)C. The minimum atomic E-state index is -0.845. The summed E-state index contributed by atoms with van der Waals surface area (Å²) in [6.07, 6.45) is 7.54. The molecule has 0 aliphatic heterocycles. The summed E-state index contributed by atoms with van der Waals surface area (Å²) in [5.41, 5.74) is 8.83. The smallest absolute Gasteiger partial charge is 0.345 e. The molecule has 1 aromatic heterocycles. The Labute approximate surface area is 179 Å². The number of rotatable bonds is 5. The van der Waals surface area contributed by atoms with E-state index in [0.717, 1.165) is 29.7 Å². The van der Waals surface area contributed by atoms with E-state index in [4.69, 9.17) is 5.11 Å². The van der Waals surface area contributed by atoms with Crippen LogP contribution in [0.2, 0.25) is 0 Å². The minimum absolute atomic E-state index is 0.213. The fraction of sp³-hybridized carbons (Fsp3) is 0.500. The van der Waals surface area contributed by atoms with Crippen LogP contribution in [0.3, 0.4) is 0 Å². The summed E-state index contributed by atoms with van der Waals surface area (Å²) >= 11 is 1.37. The van der Waals surface area contributed by atoms with Gasteiger partial charge in [-0.1, -0.05) is 45.9 Å². The van der Waals surface area contributed by atoms with Gasteiger partial charge in [0.2, 0.25) is 0 Å². The predicted molar refractivity (Wildman–Crippen MR) is 124 cm³/mol. The van der Waals surface area contributed by atoms with Gasteiger partial charge < -0.3 is 5.11 Å². The number of thiophene rings is 1. The van der Waals surface area contributed by atoms with Crippen LogP contribution in [0.25, 0.3) is 0 Å². The summed E-state index contributed by atoms with van der Waals surface area (Å²) in [5, 5.41) is 9.13. The monoisotopic (exact) mass is 410 g/mol. The van der Waals surface area contributed by atoms with Crippen molar-refractivity contribution in [1.82, 2.24) is 0 Å². The highest BCUT2D eigenvalue weighted by molar-refractivity contribution is 7.13. The normalized spacial score (nSPS) is 20.8. The Morgan fingerprint density at radius 2 is 1.76 bits per heavy atom. The van der Waals surface area contributed by atoms with Gasteiger partial charge in [-0.05, 0) is 96.8 Å².